The zero-order chi connectivity index (χ0) is 19.7. The Labute approximate surface area is 164 Å². The number of pyridine rings is 1. The number of nitrogens with one attached hydrogen (secondary N) is 1. The number of aromatic nitrogens is 4. The summed E-state index contributed by atoms with van der Waals surface area (Å²) in [6, 6.07) is 3.93. The Morgan fingerprint density at radius 2 is 2.04 bits per heavy atom. The summed E-state index contributed by atoms with van der Waals surface area (Å²) in [5.41, 5.74) is 0.868. The molecule has 0 aromatic carbocycles. The summed E-state index contributed by atoms with van der Waals surface area (Å²) in [6.07, 6.45) is 3.16. The molecule has 2 aromatic rings. The zero-order valence-corrected chi connectivity index (χ0v) is 16.5. The summed E-state index contributed by atoms with van der Waals surface area (Å²) in [5.74, 6) is 1.49. The van der Waals surface area contributed by atoms with Gasteiger partial charge >= 0.3 is 5.69 Å². The number of anilines is 1. The maximum atomic E-state index is 12.7. The van der Waals surface area contributed by atoms with Gasteiger partial charge in [-0.1, -0.05) is 6.07 Å². The van der Waals surface area contributed by atoms with Gasteiger partial charge in [-0.15, -0.1) is 0 Å². The number of hydrogen-bond acceptors (Lipinski definition) is 6. The van der Waals surface area contributed by atoms with E-state index in [0.29, 0.717) is 25.9 Å². The molecule has 0 bridgehead atoms. The Morgan fingerprint density at radius 3 is 2.82 bits per heavy atom. The number of carbonyl (C=O) groups is 1. The monoisotopic (exact) mass is 385 g/mol. The van der Waals surface area contributed by atoms with Crippen LogP contribution in [0.2, 0.25) is 0 Å². The standard InChI is InChI=1S/C19H27N7O2/c1-23-8-10-25(11-9-23)17-14(4-3-7-20-17)12-21-18(27)15-5-6-16-22-24(2)19(28)26(16)13-15/h3-4,7,15H,5-6,8-13H2,1-2H3,(H,21,27). The van der Waals surface area contributed by atoms with Crippen LogP contribution in [0, 0.1) is 5.92 Å². The van der Waals surface area contributed by atoms with E-state index in [0.717, 1.165) is 43.4 Å². The Kier molecular flexibility index (Phi) is 5.17. The summed E-state index contributed by atoms with van der Waals surface area (Å²) >= 11 is 0. The van der Waals surface area contributed by atoms with Gasteiger partial charge in [-0.05, 0) is 19.5 Å². The third-order valence-electron chi connectivity index (χ3n) is 5.70. The largest absolute Gasteiger partial charge is 0.354 e. The van der Waals surface area contributed by atoms with E-state index in [1.807, 2.05) is 12.1 Å². The predicted octanol–water partition coefficient (Wildman–Crippen LogP) is -0.393. The molecule has 4 heterocycles. The van der Waals surface area contributed by atoms with Gasteiger partial charge in [-0.25, -0.2) is 14.5 Å². The van der Waals surface area contributed by atoms with E-state index in [4.69, 9.17) is 0 Å². The van der Waals surface area contributed by atoms with Crippen LogP contribution in [0.5, 0.6) is 0 Å². The molecule has 1 unspecified atom stereocenters. The lowest BCUT2D eigenvalue weighted by molar-refractivity contribution is -0.126. The molecule has 150 valence electrons. The van der Waals surface area contributed by atoms with Crippen molar-refractivity contribution < 1.29 is 4.79 Å². The number of carbonyl (C=O) groups excluding carboxylic acids is 1. The van der Waals surface area contributed by atoms with Crippen LogP contribution in [-0.2, 0) is 31.4 Å². The van der Waals surface area contributed by atoms with Crippen LogP contribution in [0.4, 0.5) is 5.82 Å². The molecular formula is C19H27N7O2. The van der Waals surface area contributed by atoms with Crippen molar-refractivity contribution in [3.05, 3.63) is 40.2 Å². The van der Waals surface area contributed by atoms with E-state index in [2.05, 4.69) is 32.2 Å². The first kappa shape index (κ1) is 18.7. The predicted molar refractivity (Wildman–Crippen MR) is 105 cm³/mol. The first-order chi connectivity index (χ1) is 13.5. The van der Waals surface area contributed by atoms with Crippen LogP contribution in [0.1, 0.15) is 17.8 Å². The van der Waals surface area contributed by atoms with Gasteiger partial charge < -0.3 is 15.1 Å². The van der Waals surface area contributed by atoms with E-state index in [-0.39, 0.29) is 17.5 Å². The van der Waals surface area contributed by atoms with Crippen LogP contribution in [0.15, 0.2) is 23.1 Å². The van der Waals surface area contributed by atoms with Gasteiger partial charge in [0.1, 0.15) is 11.6 Å². The van der Waals surface area contributed by atoms with Crippen molar-refractivity contribution in [3.8, 4) is 0 Å². The molecule has 0 saturated carbocycles. The average molecular weight is 385 g/mol. The molecule has 1 saturated heterocycles. The van der Waals surface area contributed by atoms with Crippen molar-refractivity contribution in [2.45, 2.75) is 25.9 Å². The Bertz CT molecular complexity index is 911. The van der Waals surface area contributed by atoms with E-state index < -0.39 is 0 Å². The highest BCUT2D eigenvalue weighted by Gasteiger charge is 2.28. The van der Waals surface area contributed by atoms with Gasteiger partial charge in [-0.3, -0.25) is 9.36 Å². The minimum atomic E-state index is -0.210. The average Bonchev–Trinajstić information content (AvgIpc) is 3.00. The van der Waals surface area contributed by atoms with Gasteiger partial charge in [0.15, 0.2) is 0 Å². The smallest absolute Gasteiger partial charge is 0.345 e. The van der Waals surface area contributed by atoms with E-state index in [9.17, 15) is 9.59 Å². The lowest BCUT2D eigenvalue weighted by Crippen LogP contribution is -2.45. The fourth-order valence-corrected chi connectivity index (χ4v) is 3.95. The highest BCUT2D eigenvalue weighted by molar-refractivity contribution is 5.78. The van der Waals surface area contributed by atoms with Crippen molar-refractivity contribution in [1.82, 2.24) is 29.5 Å². The summed E-state index contributed by atoms with van der Waals surface area (Å²) < 4.78 is 2.96. The second-order valence-corrected chi connectivity index (χ2v) is 7.66. The lowest BCUT2D eigenvalue weighted by atomic mass is 9.98. The number of hydrogen-bond donors (Lipinski definition) is 1. The highest BCUT2D eigenvalue weighted by atomic mass is 16.2. The van der Waals surface area contributed by atoms with E-state index >= 15 is 0 Å². The highest BCUT2D eigenvalue weighted by Crippen LogP contribution is 2.20. The molecular weight excluding hydrogens is 358 g/mol. The minimum Gasteiger partial charge on any atom is -0.354 e. The van der Waals surface area contributed by atoms with Crippen LogP contribution in [-0.4, -0.2) is 63.4 Å². The maximum Gasteiger partial charge on any atom is 0.345 e. The molecule has 2 aliphatic heterocycles. The third-order valence-corrected chi connectivity index (χ3v) is 5.70. The van der Waals surface area contributed by atoms with Crippen LogP contribution in [0.3, 0.4) is 0 Å². The van der Waals surface area contributed by atoms with E-state index in [1.165, 1.54) is 4.68 Å². The second kappa shape index (κ2) is 7.75. The fourth-order valence-electron chi connectivity index (χ4n) is 3.95. The van der Waals surface area contributed by atoms with Crippen LogP contribution < -0.4 is 15.9 Å². The molecule has 1 N–H and O–H groups in total. The molecule has 2 aliphatic rings. The first-order valence-electron chi connectivity index (χ1n) is 9.80. The van der Waals surface area contributed by atoms with E-state index in [1.54, 1.807) is 17.8 Å². The molecule has 0 spiro atoms. The van der Waals surface area contributed by atoms with Crippen molar-refractivity contribution in [1.29, 1.82) is 0 Å². The summed E-state index contributed by atoms with van der Waals surface area (Å²) in [5, 5.41) is 7.28. The number of nitrogens with zero attached hydrogens (tertiary/aromatic N) is 6. The van der Waals surface area contributed by atoms with Crippen molar-refractivity contribution >= 4 is 11.7 Å². The van der Waals surface area contributed by atoms with Gasteiger partial charge in [0, 0.05) is 64.5 Å². The Balaban J connectivity index is 1.40. The molecule has 4 rings (SSSR count). The molecule has 0 aliphatic carbocycles. The molecule has 2 aromatic heterocycles. The molecule has 0 radical (unpaired) electrons. The molecule has 1 atom stereocenters. The quantitative estimate of drug-likeness (QED) is 0.771. The van der Waals surface area contributed by atoms with Gasteiger partial charge in [-0.2, -0.15) is 5.10 Å². The number of likely N-dealkylation sites (N-methyl/N-ethyl adjacent to an activating group) is 1. The van der Waals surface area contributed by atoms with Gasteiger partial charge in [0.25, 0.3) is 0 Å². The summed E-state index contributed by atoms with van der Waals surface area (Å²) in [6.45, 7) is 4.72. The molecule has 9 nitrogen and oxygen atoms in total. The first-order valence-corrected chi connectivity index (χ1v) is 9.80. The zero-order valence-electron chi connectivity index (χ0n) is 16.5. The number of amides is 1. The van der Waals surface area contributed by atoms with Gasteiger partial charge in [0.05, 0.1) is 5.92 Å². The molecule has 9 heteroatoms. The SMILES string of the molecule is CN1CCN(c2ncccc2CNC(=O)C2CCc3nn(C)c(=O)n3C2)CC1. The van der Waals surface area contributed by atoms with Crippen LogP contribution in [0.25, 0.3) is 0 Å². The number of rotatable bonds is 4. The molecule has 1 fully saturated rings. The Morgan fingerprint density at radius 1 is 1.25 bits per heavy atom. The van der Waals surface area contributed by atoms with Crippen molar-refractivity contribution in [2.75, 3.05) is 38.1 Å². The summed E-state index contributed by atoms with van der Waals surface area (Å²) in [4.78, 5) is 34.0. The Hall–Kier alpha value is -2.68. The molecule has 28 heavy (non-hydrogen) atoms. The topological polar surface area (TPSA) is 88.3 Å². The molecule has 1 amide bonds. The number of fused-ring (bicyclic) bond motifs is 1. The lowest BCUT2D eigenvalue weighted by Gasteiger charge is -2.34. The van der Waals surface area contributed by atoms with Crippen molar-refractivity contribution in [2.24, 2.45) is 13.0 Å². The van der Waals surface area contributed by atoms with Gasteiger partial charge in [0.2, 0.25) is 5.91 Å². The minimum absolute atomic E-state index is 0.0189. The van der Waals surface area contributed by atoms with Crippen molar-refractivity contribution in [3.63, 3.8) is 0 Å². The number of piperazine rings is 1. The normalized spacial score (nSPS) is 20.1. The summed E-state index contributed by atoms with van der Waals surface area (Å²) in [7, 11) is 3.77. The van der Waals surface area contributed by atoms with Crippen LogP contribution >= 0.6 is 0 Å². The third kappa shape index (κ3) is 3.66. The number of aryl methyl sites for hydroxylation is 2. The fraction of sp³-hybridized carbons (Fsp3) is 0.579. The second-order valence-electron chi connectivity index (χ2n) is 7.66. The maximum absolute atomic E-state index is 12.7.